The van der Waals surface area contributed by atoms with E-state index in [2.05, 4.69) is 10.4 Å². The highest BCUT2D eigenvalue weighted by Gasteiger charge is 2.12. The molecule has 2 aromatic rings. The van der Waals surface area contributed by atoms with Crippen LogP contribution in [-0.2, 0) is 11.3 Å². The van der Waals surface area contributed by atoms with Gasteiger partial charge in [-0.05, 0) is 30.2 Å². The normalized spacial score (nSPS) is 12.2. The van der Waals surface area contributed by atoms with E-state index in [1.807, 2.05) is 6.92 Å². The van der Waals surface area contributed by atoms with Gasteiger partial charge in [0.15, 0.2) is 11.6 Å². The van der Waals surface area contributed by atoms with Gasteiger partial charge in [0, 0.05) is 12.7 Å². The first-order chi connectivity index (χ1) is 9.95. The summed E-state index contributed by atoms with van der Waals surface area (Å²) in [5.74, 6) is -2.35. The zero-order valence-electron chi connectivity index (χ0n) is 11.4. The highest BCUT2D eigenvalue weighted by atomic mass is 19.2. The van der Waals surface area contributed by atoms with Crippen molar-refractivity contribution in [2.24, 2.45) is 0 Å². The predicted octanol–water partition coefficient (Wildman–Crippen LogP) is 1.32. The van der Waals surface area contributed by atoms with Crippen LogP contribution in [0.4, 0.5) is 8.78 Å². The number of aromatic nitrogens is 2. The van der Waals surface area contributed by atoms with Crippen molar-refractivity contribution in [2.45, 2.75) is 19.6 Å². The number of halogens is 2. The van der Waals surface area contributed by atoms with Crippen LogP contribution in [-0.4, -0.2) is 27.3 Å². The molecule has 0 aliphatic carbocycles. The van der Waals surface area contributed by atoms with E-state index in [-0.39, 0.29) is 24.6 Å². The number of carbonyl (C=O) groups is 1. The number of aryl methyl sites for hydroxylation is 1. The van der Waals surface area contributed by atoms with Gasteiger partial charge in [0.05, 0.1) is 12.3 Å². The molecule has 0 aliphatic rings. The van der Waals surface area contributed by atoms with E-state index in [1.54, 1.807) is 12.4 Å². The summed E-state index contributed by atoms with van der Waals surface area (Å²) < 4.78 is 27.3. The number of hydrogen-bond acceptors (Lipinski definition) is 3. The van der Waals surface area contributed by atoms with E-state index in [0.29, 0.717) is 0 Å². The Labute approximate surface area is 120 Å². The first-order valence-electron chi connectivity index (χ1n) is 6.34. The van der Waals surface area contributed by atoms with Gasteiger partial charge in [0.2, 0.25) is 5.91 Å². The first-order valence-corrected chi connectivity index (χ1v) is 6.34. The number of nitrogens with one attached hydrogen (secondary N) is 1. The topological polar surface area (TPSA) is 67.2 Å². The van der Waals surface area contributed by atoms with Gasteiger partial charge >= 0.3 is 0 Å². The summed E-state index contributed by atoms with van der Waals surface area (Å²) in [6.07, 6.45) is 2.23. The van der Waals surface area contributed by atoms with Gasteiger partial charge in [0.25, 0.3) is 0 Å². The summed E-state index contributed by atoms with van der Waals surface area (Å²) in [6.45, 7) is 1.79. The third-order valence-corrected chi connectivity index (χ3v) is 2.89. The molecule has 0 saturated heterocycles. The molecule has 0 saturated carbocycles. The van der Waals surface area contributed by atoms with E-state index in [1.165, 1.54) is 10.7 Å². The zero-order valence-corrected chi connectivity index (χ0v) is 11.4. The lowest BCUT2D eigenvalue weighted by atomic mass is 10.1. The van der Waals surface area contributed by atoms with Crippen LogP contribution in [0.5, 0.6) is 0 Å². The van der Waals surface area contributed by atoms with Crippen LogP contribution >= 0.6 is 0 Å². The maximum Gasteiger partial charge on any atom is 0.241 e. The Morgan fingerprint density at radius 3 is 2.81 bits per heavy atom. The fraction of sp³-hybridized carbons (Fsp3) is 0.286. The van der Waals surface area contributed by atoms with Gasteiger partial charge in [-0.25, -0.2) is 8.78 Å². The predicted molar refractivity (Wildman–Crippen MR) is 71.3 cm³/mol. The van der Waals surface area contributed by atoms with Crippen LogP contribution in [0, 0.1) is 18.6 Å². The molecule has 0 fully saturated rings. The average Bonchev–Trinajstić information content (AvgIpc) is 2.84. The number of amides is 1. The van der Waals surface area contributed by atoms with Crippen molar-refractivity contribution in [3.8, 4) is 0 Å². The molecule has 1 atom stereocenters. The molecule has 0 radical (unpaired) electrons. The van der Waals surface area contributed by atoms with Crippen LogP contribution in [0.15, 0.2) is 30.6 Å². The number of aliphatic hydroxyl groups is 1. The molecule has 5 nitrogen and oxygen atoms in total. The molecule has 2 N–H and O–H groups in total. The van der Waals surface area contributed by atoms with Crippen LogP contribution in [0.25, 0.3) is 0 Å². The van der Waals surface area contributed by atoms with Crippen molar-refractivity contribution in [3.63, 3.8) is 0 Å². The summed E-state index contributed by atoms with van der Waals surface area (Å²) in [4.78, 5) is 11.7. The lowest BCUT2D eigenvalue weighted by molar-refractivity contribution is -0.122. The number of nitrogens with zero attached hydrogens (tertiary/aromatic N) is 2. The second kappa shape index (κ2) is 6.45. The third-order valence-electron chi connectivity index (χ3n) is 2.89. The standard InChI is InChI=1S/C14H15F2N3O2/c1-9-5-18-19(7-9)8-14(21)17-6-13(20)10-2-3-11(15)12(16)4-10/h2-5,7,13,20H,6,8H2,1H3,(H,17,21)/t13-/m0/s1. The fourth-order valence-corrected chi connectivity index (χ4v) is 1.80. The Kier molecular flexibility index (Phi) is 4.64. The van der Waals surface area contributed by atoms with Gasteiger partial charge in [0.1, 0.15) is 6.54 Å². The van der Waals surface area contributed by atoms with Crippen LogP contribution in [0.2, 0.25) is 0 Å². The Morgan fingerprint density at radius 2 is 2.19 bits per heavy atom. The monoisotopic (exact) mass is 295 g/mol. The van der Waals surface area contributed by atoms with E-state index < -0.39 is 17.7 Å². The Bertz CT molecular complexity index is 643. The van der Waals surface area contributed by atoms with E-state index in [9.17, 15) is 18.7 Å². The lowest BCUT2D eigenvalue weighted by Gasteiger charge is -2.12. The SMILES string of the molecule is Cc1cnn(CC(=O)NC[C@H](O)c2ccc(F)c(F)c2)c1. The molecule has 21 heavy (non-hydrogen) atoms. The molecular weight excluding hydrogens is 280 g/mol. The number of hydrogen-bond donors (Lipinski definition) is 2. The van der Waals surface area contributed by atoms with Crippen molar-refractivity contribution in [3.05, 3.63) is 53.4 Å². The van der Waals surface area contributed by atoms with Crippen LogP contribution < -0.4 is 5.32 Å². The molecule has 0 unspecified atom stereocenters. The third kappa shape index (κ3) is 4.09. The van der Waals surface area contributed by atoms with Crippen molar-refractivity contribution >= 4 is 5.91 Å². The Morgan fingerprint density at radius 1 is 1.43 bits per heavy atom. The van der Waals surface area contributed by atoms with Gasteiger partial charge < -0.3 is 10.4 Å². The van der Waals surface area contributed by atoms with E-state index in [4.69, 9.17) is 0 Å². The smallest absolute Gasteiger partial charge is 0.241 e. The average molecular weight is 295 g/mol. The van der Waals surface area contributed by atoms with Crippen molar-refractivity contribution in [1.82, 2.24) is 15.1 Å². The van der Waals surface area contributed by atoms with Crippen molar-refractivity contribution < 1.29 is 18.7 Å². The molecule has 1 amide bonds. The first kappa shape index (κ1) is 15.1. The minimum Gasteiger partial charge on any atom is -0.387 e. The van der Waals surface area contributed by atoms with Gasteiger partial charge in [-0.2, -0.15) is 5.10 Å². The number of aliphatic hydroxyl groups excluding tert-OH is 1. The molecule has 112 valence electrons. The molecule has 1 aromatic heterocycles. The summed E-state index contributed by atoms with van der Waals surface area (Å²) in [5.41, 5.74) is 1.13. The molecule has 2 rings (SSSR count). The van der Waals surface area contributed by atoms with Crippen molar-refractivity contribution in [1.29, 1.82) is 0 Å². The Hall–Kier alpha value is -2.28. The minimum absolute atomic E-state index is 0.0261. The summed E-state index contributed by atoms with van der Waals surface area (Å²) in [5, 5.41) is 16.3. The highest BCUT2D eigenvalue weighted by molar-refractivity contribution is 5.75. The second-order valence-corrected chi connectivity index (χ2v) is 4.71. The molecule has 0 aliphatic heterocycles. The van der Waals surface area contributed by atoms with Gasteiger partial charge in [-0.15, -0.1) is 0 Å². The van der Waals surface area contributed by atoms with E-state index in [0.717, 1.165) is 17.7 Å². The maximum atomic E-state index is 13.0. The minimum atomic E-state index is -1.11. The second-order valence-electron chi connectivity index (χ2n) is 4.71. The van der Waals surface area contributed by atoms with E-state index >= 15 is 0 Å². The zero-order chi connectivity index (χ0) is 15.4. The number of benzene rings is 1. The largest absolute Gasteiger partial charge is 0.387 e. The number of rotatable bonds is 5. The quantitative estimate of drug-likeness (QED) is 0.874. The van der Waals surface area contributed by atoms with Crippen LogP contribution in [0.3, 0.4) is 0 Å². The molecule has 7 heteroatoms. The summed E-state index contributed by atoms with van der Waals surface area (Å²) in [7, 11) is 0. The maximum absolute atomic E-state index is 13.0. The van der Waals surface area contributed by atoms with Gasteiger partial charge in [-0.3, -0.25) is 9.48 Å². The summed E-state index contributed by atoms with van der Waals surface area (Å²) in [6, 6.07) is 3.11. The van der Waals surface area contributed by atoms with Crippen LogP contribution in [0.1, 0.15) is 17.2 Å². The highest BCUT2D eigenvalue weighted by Crippen LogP contribution is 2.15. The molecule has 1 heterocycles. The summed E-state index contributed by atoms with van der Waals surface area (Å²) >= 11 is 0. The molecule has 0 bridgehead atoms. The Balaban J connectivity index is 1.86. The number of carbonyl (C=O) groups excluding carboxylic acids is 1. The van der Waals surface area contributed by atoms with Crippen molar-refractivity contribution in [2.75, 3.05) is 6.54 Å². The molecule has 0 spiro atoms. The molecular formula is C14H15F2N3O2. The molecule has 1 aromatic carbocycles. The lowest BCUT2D eigenvalue weighted by Crippen LogP contribution is -2.31. The van der Waals surface area contributed by atoms with Gasteiger partial charge in [-0.1, -0.05) is 6.07 Å². The fourth-order valence-electron chi connectivity index (χ4n) is 1.80.